The zero-order valence-electron chi connectivity index (χ0n) is 16.5. The molecule has 0 unspecified atom stereocenters. The molecule has 6 heteroatoms. The number of nitrogens with zero attached hydrogens (tertiary/aromatic N) is 2. The number of aromatic nitrogens is 1. The first-order valence-corrected chi connectivity index (χ1v) is 9.73. The van der Waals surface area contributed by atoms with Gasteiger partial charge in [0.1, 0.15) is 23.0 Å². The van der Waals surface area contributed by atoms with Crippen molar-refractivity contribution in [3.05, 3.63) is 95.2 Å². The van der Waals surface area contributed by atoms with E-state index in [1.54, 1.807) is 18.3 Å². The van der Waals surface area contributed by atoms with E-state index < -0.39 is 23.1 Å². The van der Waals surface area contributed by atoms with Crippen molar-refractivity contribution in [2.45, 2.75) is 13.3 Å². The molecule has 0 spiro atoms. The molecule has 30 heavy (non-hydrogen) atoms. The van der Waals surface area contributed by atoms with Crippen molar-refractivity contribution >= 4 is 23.0 Å². The van der Waals surface area contributed by atoms with E-state index in [9.17, 15) is 13.6 Å². The summed E-state index contributed by atoms with van der Waals surface area (Å²) in [4.78, 5) is 19.0. The third-order valence-corrected chi connectivity index (χ3v) is 5.28. The van der Waals surface area contributed by atoms with E-state index in [1.807, 2.05) is 30.3 Å². The average Bonchev–Trinajstić information content (AvgIpc) is 2.75. The molecular weight excluding hydrogens is 384 g/mol. The Morgan fingerprint density at radius 1 is 1.00 bits per heavy atom. The summed E-state index contributed by atoms with van der Waals surface area (Å²) in [5.41, 5.74) is 3.46. The molecule has 1 amide bonds. The Kier molecular flexibility index (Phi) is 5.57. The van der Waals surface area contributed by atoms with Gasteiger partial charge in [-0.1, -0.05) is 29.8 Å². The van der Waals surface area contributed by atoms with E-state index in [0.29, 0.717) is 5.69 Å². The number of hydrogen-bond donors (Lipinski definition) is 1. The lowest BCUT2D eigenvalue weighted by Gasteiger charge is -2.31. The van der Waals surface area contributed by atoms with E-state index >= 15 is 0 Å². The number of halogens is 2. The van der Waals surface area contributed by atoms with E-state index in [-0.39, 0.29) is 0 Å². The van der Waals surface area contributed by atoms with Gasteiger partial charge in [0.2, 0.25) is 0 Å². The van der Waals surface area contributed by atoms with Crippen LogP contribution in [0.2, 0.25) is 0 Å². The van der Waals surface area contributed by atoms with Crippen LogP contribution in [0.4, 0.5) is 20.3 Å². The number of benzene rings is 2. The van der Waals surface area contributed by atoms with Crippen molar-refractivity contribution in [3.63, 3.8) is 0 Å². The first-order valence-electron chi connectivity index (χ1n) is 9.73. The molecule has 0 bridgehead atoms. The van der Waals surface area contributed by atoms with Gasteiger partial charge in [-0.15, -0.1) is 0 Å². The highest BCUT2D eigenvalue weighted by Crippen LogP contribution is 2.29. The third-order valence-electron chi connectivity index (χ3n) is 5.28. The molecule has 2 aromatic carbocycles. The molecule has 1 N–H and O–H groups in total. The van der Waals surface area contributed by atoms with E-state index in [0.717, 1.165) is 43.0 Å². The van der Waals surface area contributed by atoms with Crippen molar-refractivity contribution in [1.82, 2.24) is 4.98 Å². The summed E-state index contributed by atoms with van der Waals surface area (Å²) < 4.78 is 27.6. The lowest BCUT2D eigenvalue weighted by molar-refractivity contribution is 0.101. The van der Waals surface area contributed by atoms with Gasteiger partial charge in [0, 0.05) is 25.0 Å². The molecule has 0 fully saturated rings. The Balaban J connectivity index is 1.51. The molecule has 0 radical (unpaired) electrons. The Morgan fingerprint density at radius 2 is 1.73 bits per heavy atom. The second-order valence-corrected chi connectivity index (χ2v) is 7.25. The van der Waals surface area contributed by atoms with Gasteiger partial charge in [-0.3, -0.25) is 4.79 Å². The lowest BCUT2D eigenvalue weighted by Crippen LogP contribution is -2.31. The summed E-state index contributed by atoms with van der Waals surface area (Å²) in [7, 11) is 0. The Morgan fingerprint density at radius 3 is 2.40 bits per heavy atom. The van der Waals surface area contributed by atoms with E-state index in [1.165, 1.54) is 17.2 Å². The van der Waals surface area contributed by atoms with Gasteiger partial charge in [-0.25, -0.2) is 13.8 Å². The molecule has 0 aliphatic carbocycles. The molecule has 1 aliphatic heterocycles. The number of rotatable bonds is 4. The average molecular weight is 405 g/mol. The molecule has 2 heterocycles. The summed E-state index contributed by atoms with van der Waals surface area (Å²) in [6.07, 6.45) is 2.73. The number of nitrogens with one attached hydrogen (secondary N) is 1. The zero-order chi connectivity index (χ0) is 21.1. The Labute approximate surface area is 173 Å². The summed E-state index contributed by atoms with van der Waals surface area (Å²) >= 11 is 0. The first-order chi connectivity index (χ1) is 14.5. The summed E-state index contributed by atoms with van der Waals surface area (Å²) in [6.45, 7) is 3.78. The zero-order valence-corrected chi connectivity index (χ0v) is 16.5. The molecular formula is C24H21F2N3O. The standard InChI is InChI=1S/C24H21F2N3O/c1-16-12-14-29(22-7-2-3-13-27-22)15-19(16)17-8-10-18(11-9-17)28-24(30)23-20(25)5-4-6-21(23)26/h2-11,13H,12,14-15H2,1H3,(H,28,30). The van der Waals surface area contributed by atoms with Gasteiger partial charge >= 0.3 is 0 Å². The van der Waals surface area contributed by atoms with Crippen LogP contribution in [-0.2, 0) is 0 Å². The third kappa shape index (κ3) is 4.08. The SMILES string of the molecule is CC1=C(c2ccc(NC(=O)c3c(F)cccc3F)cc2)CN(c2ccccn2)CC1. The number of carbonyl (C=O) groups excluding carboxylic acids is 1. The van der Waals surface area contributed by atoms with Gasteiger partial charge in [0.15, 0.2) is 0 Å². The predicted molar refractivity (Wildman–Crippen MR) is 114 cm³/mol. The van der Waals surface area contributed by atoms with E-state index in [4.69, 9.17) is 0 Å². The molecule has 0 atom stereocenters. The molecule has 0 saturated heterocycles. The highest BCUT2D eigenvalue weighted by Gasteiger charge is 2.20. The van der Waals surface area contributed by atoms with Gasteiger partial charge in [-0.05, 0) is 60.9 Å². The van der Waals surface area contributed by atoms with Crippen LogP contribution in [0, 0.1) is 11.6 Å². The number of amides is 1. The topological polar surface area (TPSA) is 45.2 Å². The van der Waals surface area contributed by atoms with Crippen LogP contribution < -0.4 is 10.2 Å². The molecule has 3 aromatic rings. The number of pyridine rings is 1. The van der Waals surface area contributed by atoms with Gasteiger partial charge in [-0.2, -0.15) is 0 Å². The highest BCUT2D eigenvalue weighted by atomic mass is 19.1. The summed E-state index contributed by atoms with van der Waals surface area (Å²) in [6, 6.07) is 16.5. The van der Waals surface area contributed by atoms with Crippen molar-refractivity contribution in [2.75, 3.05) is 23.3 Å². The van der Waals surface area contributed by atoms with Crippen LogP contribution in [-0.4, -0.2) is 24.0 Å². The van der Waals surface area contributed by atoms with E-state index in [2.05, 4.69) is 22.1 Å². The Bertz CT molecular complexity index is 1070. The van der Waals surface area contributed by atoms with Crippen LogP contribution in [0.1, 0.15) is 29.3 Å². The van der Waals surface area contributed by atoms with Crippen LogP contribution in [0.15, 0.2) is 72.4 Å². The monoisotopic (exact) mass is 405 g/mol. The molecule has 0 saturated carbocycles. The number of anilines is 2. The minimum absolute atomic E-state index is 0.474. The molecule has 1 aliphatic rings. The fourth-order valence-corrected chi connectivity index (χ4v) is 3.60. The van der Waals surface area contributed by atoms with Gasteiger partial charge < -0.3 is 10.2 Å². The maximum absolute atomic E-state index is 13.8. The van der Waals surface area contributed by atoms with Crippen LogP contribution in [0.25, 0.3) is 5.57 Å². The van der Waals surface area contributed by atoms with Crippen molar-refractivity contribution in [3.8, 4) is 0 Å². The first kappa shape index (κ1) is 19.8. The highest BCUT2D eigenvalue weighted by molar-refractivity contribution is 6.04. The van der Waals surface area contributed by atoms with Crippen LogP contribution in [0.5, 0.6) is 0 Å². The maximum Gasteiger partial charge on any atom is 0.261 e. The Hall–Kier alpha value is -3.54. The van der Waals surface area contributed by atoms with Crippen molar-refractivity contribution in [2.24, 2.45) is 0 Å². The number of hydrogen-bond acceptors (Lipinski definition) is 3. The second-order valence-electron chi connectivity index (χ2n) is 7.25. The summed E-state index contributed by atoms with van der Waals surface area (Å²) in [5, 5.41) is 2.56. The van der Waals surface area contributed by atoms with Gasteiger partial charge in [0.25, 0.3) is 5.91 Å². The quantitative estimate of drug-likeness (QED) is 0.641. The smallest absolute Gasteiger partial charge is 0.261 e. The largest absolute Gasteiger partial charge is 0.352 e. The fourth-order valence-electron chi connectivity index (χ4n) is 3.60. The van der Waals surface area contributed by atoms with Crippen LogP contribution >= 0.6 is 0 Å². The second kappa shape index (κ2) is 8.45. The molecule has 4 rings (SSSR count). The summed E-state index contributed by atoms with van der Waals surface area (Å²) in [5.74, 6) is -1.64. The van der Waals surface area contributed by atoms with Gasteiger partial charge in [0.05, 0.1) is 0 Å². The lowest BCUT2D eigenvalue weighted by atomic mass is 9.95. The van der Waals surface area contributed by atoms with Crippen LogP contribution in [0.3, 0.4) is 0 Å². The molecule has 4 nitrogen and oxygen atoms in total. The van der Waals surface area contributed by atoms with Crippen molar-refractivity contribution < 1.29 is 13.6 Å². The molecule has 1 aromatic heterocycles. The maximum atomic E-state index is 13.8. The number of carbonyl (C=O) groups is 1. The minimum atomic E-state index is -0.887. The predicted octanol–water partition coefficient (Wildman–Crippen LogP) is 5.30. The minimum Gasteiger partial charge on any atom is -0.352 e. The fraction of sp³-hybridized carbons (Fsp3) is 0.167. The van der Waals surface area contributed by atoms with Crippen molar-refractivity contribution in [1.29, 1.82) is 0 Å². The normalized spacial score (nSPS) is 14.0. The molecule has 152 valence electrons.